The Bertz CT molecular complexity index is 1240. The SMILES string of the molecule is CC(=O)O[C@H]([C@H]1COc2ccc3c(=O)cc(-c4ccccc4)oc3c21)C(C)(C)OC(C)=O. The Morgan fingerprint density at radius 3 is 2.44 bits per heavy atom. The summed E-state index contributed by atoms with van der Waals surface area (Å²) in [7, 11) is 0. The van der Waals surface area contributed by atoms with E-state index < -0.39 is 29.6 Å². The van der Waals surface area contributed by atoms with Crippen LogP contribution < -0.4 is 10.2 Å². The highest BCUT2D eigenvalue weighted by Crippen LogP contribution is 2.45. The van der Waals surface area contributed by atoms with Crippen molar-refractivity contribution >= 4 is 22.9 Å². The second kappa shape index (κ2) is 8.15. The predicted octanol–water partition coefficient (Wildman–Crippen LogP) is 4.21. The fourth-order valence-electron chi connectivity index (χ4n) is 4.26. The predicted molar refractivity (Wildman–Crippen MR) is 118 cm³/mol. The van der Waals surface area contributed by atoms with Gasteiger partial charge < -0.3 is 18.6 Å². The van der Waals surface area contributed by atoms with Crippen molar-refractivity contribution in [3.05, 3.63) is 64.3 Å². The van der Waals surface area contributed by atoms with Gasteiger partial charge in [0.25, 0.3) is 0 Å². The summed E-state index contributed by atoms with van der Waals surface area (Å²) in [5, 5.41) is 0.394. The van der Waals surface area contributed by atoms with Crippen LogP contribution in [0.15, 0.2) is 57.7 Å². The first-order valence-corrected chi connectivity index (χ1v) is 10.3. The molecular formula is C25H24O7. The van der Waals surface area contributed by atoms with Crippen molar-refractivity contribution in [1.82, 2.24) is 0 Å². The van der Waals surface area contributed by atoms with E-state index in [4.69, 9.17) is 18.6 Å². The zero-order valence-electron chi connectivity index (χ0n) is 18.3. The smallest absolute Gasteiger partial charge is 0.303 e. The Kier molecular flexibility index (Phi) is 5.50. The van der Waals surface area contributed by atoms with Gasteiger partial charge in [0, 0.05) is 31.0 Å². The number of benzene rings is 2. The minimum Gasteiger partial charge on any atom is -0.492 e. The van der Waals surface area contributed by atoms with Gasteiger partial charge in [-0.3, -0.25) is 14.4 Å². The van der Waals surface area contributed by atoms with Crippen LogP contribution in [0.3, 0.4) is 0 Å². The van der Waals surface area contributed by atoms with Crippen LogP contribution in [-0.2, 0) is 19.1 Å². The van der Waals surface area contributed by atoms with Gasteiger partial charge in [-0.15, -0.1) is 0 Å². The highest BCUT2D eigenvalue weighted by Gasteiger charge is 2.46. The van der Waals surface area contributed by atoms with E-state index in [0.29, 0.717) is 28.0 Å². The van der Waals surface area contributed by atoms with E-state index >= 15 is 0 Å². The van der Waals surface area contributed by atoms with Crippen molar-refractivity contribution in [3.63, 3.8) is 0 Å². The Hall–Kier alpha value is -3.61. The molecule has 0 aliphatic carbocycles. The van der Waals surface area contributed by atoms with E-state index in [1.165, 1.54) is 19.9 Å². The lowest BCUT2D eigenvalue weighted by atomic mass is 9.84. The summed E-state index contributed by atoms with van der Waals surface area (Å²) >= 11 is 0. The standard InChI is InChI=1S/C25H24O7/c1-14(26)30-24(25(3,4)32-15(2)27)18-13-29-20-11-10-17-19(28)12-21(31-23(17)22(18)20)16-8-6-5-7-9-16/h5-12,18,24H,13H2,1-4H3/t18-,24+/m0/s1. The molecule has 0 N–H and O–H groups in total. The average molecular weight is 436 g/mol. The van der Waals surface area contributed by atoms with Crippen LogP contribution in [-0.4, -0.2) is 30.3 Å². The molecule has 0 saturated heterocycles. The molecule has 3 aromatic rings. The number of ether oxygens (including phenoxy) is 3. The molecule has 1 aliphatic rings. The number of hydrogen-bond donors (Lipinski definition) is 0. The van der Waals surface area contributed by atoms with Crippen molar-refractivity contribution in [2.45, 2.75) is 45.3 Å². The molecule has 1 aromatic heterocycles. The average Bonchev–Trinajstić information content (AvgIpc) is 3.15. The Morgan fingerprint density at radius 2 is 1.78 bits per heavy atom. The van der Waals surface area contributed by atoms with Crippen molar-refractivity contribution < 1.29 is 28.2 Å². The first kappa shape index (κ1) is 21.6. The number of hydrogen-bond acceptors (Lipinski definition) is 7. The van der Waals surface area contributed by atoms with Crippen LogP contribution >= 0.6 is 0 Å². The molecule has 7 nitrogen and oxygen atoms in total. The third kappa shape index (κ3) is 3.98. The Morgan fingerprint density at radius 1 is 1.06 bits per heavy atom. The molecule has 7 heteroatoms. The molecule has 0 spiro atoms. The maximum Gasteiger partial charge on any atom is 0.303 e. The van der Waals surface area contributed by atoms with Gasteiger partial charge in [0.1, 0.15) is 22.7 Å². The quantitative estimate of drug-likeness (QED) is 0.553. The summed E-state index contributed by atoms with van der Waals surface area (Å²) in [5.41, 5.74) is 0.404. The molecule has 32 heavy (non-hydrogen) atoms. The van der Waals surface area contributed by atoms with E-state index in [2.05, 4.69) is 0 Å². The Balaban J connectivity index is 1.91. The van der Waals surface area contributed by atoms with Crippen molar-refractivity contribution in [1.29, 1.82) is 0 Å². The number of fused-ring (bicyclic) bond motifs is 3. The largest absolute Gasteiger partial charge is 0.492 e. The lowest BCUT2D eigenvalue weighted by molar-refractivity contribution is -0.181. The summed E-state index contributed by atoms with van der Waals surface area (Å²) in [6.45, 7) is 6.13. The molecular weight excluding hydrogens is 412 g/mol. The molecule has 2 heterocycles. The molecule has 2 atom stereocenters. The summed E-state index contributed by atoms with van der Waals surface area (Å²) in [4.78, 5) is 36.6. The summed E-state index contributed by atoms with van der Waals surface area (Å²) in [5.74, 6) is -0.573. The second-order valence-electron chi connectivity index (χ2n) is 8.34. The van der Waals surface area contributed by atoms with Crippen molar-refractivity contribution in [3.8, 4) is 17.1 Å². The highest BCUT2D eigenvalue weighted by atomic mass is 16.6. The van der Waals surface area contributed by atoms with E-state index in [1.54, 1.807) is 26.0 Å². The van der Waals surface area contributed by atoms with Crippen LogP contribution in [0.5, 0.6) is 5.75 Å². The third-order valence-electron chi connectivity index (χ3n) is 5.49. The highest BCUT2D eigenvalue weighted by molar-refractivity contribution is 5.85. The second-order valence-corrected chi connectivity index (χ2v) is 8.34. The zero-order chi connectivity index (χ0) is 23.0. The fraction of sp³-hybridized carbons (Fsp3) is 0.320. The minimum atomic E-state index is -1.15. The maximum absolute atomic E-state index is 12.9. The molecule has 166 valence electrons. The molecule has 0 bridgehead atoms. The van der Waals surface area contributed by atoms with Gasteiger partial charge in [-0.05, 0) is 26.0 Å². The van der Waals surface area contributed by atoms with Crippen LogP contribution in [0, 0.1) is 0 Å². The number of esters is 2. The van der Waals surface area contributed by atoms with Crippen LogP contribution in [0.25, 0.3) is 22.3 Å². The van der Waals surface area contributed by atoms with Gasteiger partial charge in [0.2, 0.25) is 0 Å². The van der Waals surface area contributed by atoms with Crippen molar-refractivity contribution in [2.24, 2.45) is 0 Å². The fourth-order valence-corrected chi connectivity index (χ4v) is 4.26. The summed E-state index contributed by atoms with van der Waals surface area (Å²) < 4.78 is 23.2. The van der Waals surface area contributed by atoms with Gasteiger partial charge in [0.15, 0.2) is 11.5 Å². The molecule has 0 fully saturated rings. The monoisotopic (exact) mass is 436 g/mol. The van der Waals surface area contributed by atoms with Crippen molar-refractivity contribution in [2.75, 3.05) is 6.61 Å². The van der Waals surface area contributed by atoms with Crippen LogP contribution in [0.1, 0.15) is 39.2 Å². The van der Waals surface area contributed by atoms with Gasteiger partial charge in [-0.25, -0.2) is 0 Å². The van der Waals surface area contributed by atoms with E-state index in [1.807, 2.05) is 30.3 Å². The minimum absolute atomic E-state index is 0.177. The lowest BCUT2D eigenvalue weighted by Gasteiger charge is -2.36. The first-order chi connectivity index (χ1) is 15.2. The van der Waals surface area contributed by atoms with Gasteiger partial charge in [0.05, 0.1) is 17.9 Å². The summed E-state index contributed by atoms with van der Waals surface area (Å²) in [6, 6.07) is 14.1. The molecule has 0 saturated carbocycles. The van der Waals surface area contributed by atoms with E-state index in [9.17, 15) is 14.4 Å². The molecule has 1 aliphatic heterocycles. The maximum atomic E-state index is 12.9. The number of carbonyl (C=O) groups excluding carboxylic acids is 2. The van der Waals surface area contributed by atoms with E-state index in [-0.39, 0.29) is 12.0 Å². The Labute approximate surface area is 184 Å². The van der Waals surface area contributed by atoms with Gasteiger partial charge in [-0.2, -0.15) is 0 Å². The number of rotatable bonds is 5. The summed E-state index contributed by atoms with van der Waals surface area (Å²) in [6.07, 6.45) is -0.860. The topological polar surface area (TPSA) is 92.0 Å². The molecule has 0 unspecified atom stereocenters. The zero-order valence-corrected chi connectivity index (χ0v) is 18.3. The van der Waals surface area contributed by atoms with Gasteiger partial charge >= 0.3 is 11.9 Å². The van der Waals surface area contributed by atoms with Crippen LogP contribution in [0.2, 0.25) is 0 Å². The molecule has 0 radical (unpaired) electrons. The third-order valence-corrected chi connectivity index (χ3v) is 5.49. The van der Waals surface area contributed by atoms with Gasteiger partial charge in [-0.1, -0.05) is 30.3 Å². The lowest BCUT2D eigenvalue weighted by Crippen LogP contribution is -2.47. The molecule has 4 rings (SSSR count). The number of carbonyl (C=O) groups is 2. The normalized spacial score (nSPS) is 16.2. The first-order valence-electron chi connectivity index (χ1n) is 10.3. The molecule has 2 aromatic carbocycles. The molecule has 0 amide bonds. The van der Waals surface area contributed by atoms with Crippen LogP contribution in [0.4, 0.5) is 0 Å². The van der Waals surface area contributed by atoms with E-state index in [0.717, 1.165) is 5.56 Å².